The maximum Gasteiger partial charge on any atom is 0.277 e. The van der Waals surface area contributed by atoms with E-state index in [-0.39, 0.29) is 29.2 Å². The molecule has 7 nitrogen and oxygen atoms in total. The minimum atomic E-state index is -3.11. The monoisotopic (exact) mass is 457 g/mol. The number of hydrogen-bond donors (Lipinski definition) is 0. The zero-order valence-corrected chi connectivity index (χ0v) is 18.7. The van der Waals surface area contributed by atoms with E-state index in [2.05, 4.69) is 10.2 Å². The Morgan fingerprint density at radius 1 is 1.13 bits per heavy atom. The van der Waals surface area contributed by atoms with Crippen molar-refractivity contribution in [3.63, 3.8) is 0 Å². The number of amides is 1. The molecule has 2 heterocycles. The van der Waals surface area contributed by atoms with Crippen molar-refractivity contribution in [3.8, 4) is 11.5 Å². The number of carbonyl (C=O) groups excluding carboxylic acids is 1. The van der Waals surface area contributed by atoms with Crippen LogP contribution in [0.25, 0.3) is 11.5 Å². The third-order valence-electron chi connectivity index (χ3n) is 5.19. The van der Waals surface area contributed by atoms with Gasteiger partial charge in [0, 0.05) is 18.2 Å². The second-order valence-electron chi connectivity index (χ2n) is 7.59. The van der Waals surface area contributed by atoms with Crippen molar-refractivity contribution in [2.75, 3.05) is 17.3 Å². The van der Waals surface area contributed by atoms with Crippen LogP contribution in [-0.4, -0.2) is 52.7 Å². The van der Waals surface area contributed by atoms with E-state index < -0.39 is 9.84 Å². The van der Waals surface area contributed by atoms with E-state index in [1.807, 2.05) is 61.5 Å². The lowest BCUT2D eigenvalue weighted by molar-refractivity contribution is -0.130. The van der Waals surface area contributed by atoms with Crippen molar-refractivity contribution in [1.82, 2.24) is 15.1 Å². The molecule has 162 valence electrons. The molecule has 4 rings (SSSR count). The highest BCUT2D eigenvalue weighted by Gasteiger charge is 2.34. The van der Waals surface area contributed by atoms with Gasteiger partial charge in [0.1, 0.15) is 0 Å². The molecule has 1 aliphatic rings. The average Bonchev–Trinajstić information content (AvgIpc) is 3.38. The van der Waals surface area contributed by atoms with Crippen LogP contribution in [0.2, 0.25) is 0 Å². The number of hydrogen-bond acceptors (Lipinski definition) is 7. The summed E-state index contributed by atoms with van der Waals surface area (Å²) in [6, 6.07) is 17.0. The van der Waals surface area contributed by atoms with Crippen molar-refractivity contribution >= 4 is 27.5 Å². The predicted octanol–water partition coefficient (Wildman–Crippen LogP) is 3.35. The first kappa shape index (κ1) is 21.6. The molecule has 0 saturated carbocycles. The molecular formula is C22H23N3O4S2. The van der Waals surface area contributed by atoms with E-state index in [1.54, 1.807) is 4.90 Å². The summed E-state index contributed by atoms with van der Waals surface area (Å²) in [4.78, 5) is 14.7. The zero-order valence-electron chi connectivity index (χ0n) is 17.1. The smallest absolute Gasteiger partial charge is 0.277 e. The molecule has 9 heteroatoms. The quantitative estimate of drug-likeness (QED) is 0.502. The first-order chi connectivity index (χ1) is 14.9. The normalized spacial score (nSPS) is 17.5. The third kappa shape index (κ3) is 5.54. The fourth-order valence-corrected chi connectivity index (χ4v) is 5.89. The molecule has 0 spiro atoms. The molecule has 2 aromatic carbocycles. The van der Waals surface area contributed by atoms with E-state index in [4.69, 9.17) is 4.42 Å². The summed E-state index contributed by atoms with van der Waals surface area (Å²) in [5.41, 5.74) is 2.92. The van der Waals surface area contributed by atoms with Crippen molar-refractivity contribution in [3.05, 3.63) is 65.7 Å². The Kier molecular flexibility index (Phi) is 6.43. The Morgan fingerprint density at radius 2 is 1.87 bits per heavy atom. The van der Waals surface area contributed by atoms with Gasteiger partial charge in [-0.05, 0) is 31.0 Å². The van der Waals surface area contributed by atoms with Gasteiger partial charge in [0.2, 0.25) is 11.8 Å². The van der Waals surface area contributed by atoms with Crippen LogP contribution >= 0.6 is 11.8 Å². The highest BCUT2D eigenvalue weighted by atomic mass is 32.2. The Balaban J connectivity index is 1.44. The second-order valence-corrected chi connectivity index (χ2v) is 10.7. The summed E-state index contributed by atoms with van der Waals surface area (Å²) in [5.74, 6) is 0.476. The summed E-state index contributed by atoms with van der Waals surface area (Å²) in [6.45, 7) is 2.38. The van der Waals surface area contributed by atoms with Crippen LogP contribution in [0.3, 0.4) is 0 Å². The first-order valence-corrected chi connectivity index (χ1v) is 12.8. The SMILES string of the molecule is Cc1ccc(-c2nnc(SCC(=O)N(Cc3ccccc3)C3CCS(=O)(=O)C3)o2)cc1. The maximum atomic E-state index is 13.1. The van der Waals surface area contributed by atoms with Gasteiger partial charge in [-0.25, -0.2) is 8.42 Å². The highest BCUT2D eigenvalue weighted by Crippen LogP contribution is 2.26. The lowest BCUT2D eigenvalue weighted by Crippen LogP contribution is -2.41. The molecule has 1 aliphatic heterocycles. The third-order valence-corrected chi connectivity index (χ3v) is 7.74. The first-order valence-electron chi connectivity index (χ1n) is 9.97. The van der Waals surface area contributed by atoms with E-state index in [0.717, 1.165) is 28.5 Å². The van der Waals surface area contributed by atoms with Gasteiger partial charge < -0.3 is 9.32 Å². The summed E-state index contributed by atoms with van der Waals surface area (Å²) in [5, 5.41) is 8.40. The summed E-state index contributed by atoms with van der Waals surface area (Å²) >= 11 is 1.16. The molecule has 3 aromatic rings. The van der Waals surface area contributed by atoms with Gasteiger partial charge in [0.05, 0.1) is 17.3 Å². The number of sulfone groups is 1. The van der Waals surface area contributed by atoms with Crippen molar-refractivity contribution in [2.24, 2.45) is 0 Å². The topological polar surface area (TPSA) is 93.4 Å². The number of benzene rings is 2. The Hall–Kier alpha value is -2.65. The Labute approximate surface area is 185 Å². The average molecular weight is 458 g/mol. The van der Waals surface area contributed by atoms with Crippen LogP contribution in [0.1, 0.15) is 17.5 Å². The minimum absolute atomic E-state index is 0.00830. The van der Waals surface area contributed by atoms with Gasteiger partial charge in [-0.3, -0.25) is 4.79 Å². The van der Waals surface area contributed by atoms with E-state index in [1.165, 1.54) is 0 Å². The fraction of sp³-hybridized carbons (Fsp3) is 0.318. The molecular weight excluding hydrogens is 434 g/mol. The van der Waals surface area contributed by atoms with Crippen molar-refractivity contribution in [1.29, 1.82) is 0 Å². The van der Waals surface area contributed by atoms with Gasteiger partial charge in [-0.2, -0.15) is 0 Å². The molecule has 1 amide bonds. The molecule has 1 saturated heterocycles. The van der Waals surface area contributed by atoms with Crippen LogP contribution in [0.4, 0.5) is 0 Å². The number of aromatic nitrogens is 2. The highest BCUT2D eigenvalue weighted by molar-refractivity contribution is 7.99. The largest absolute Gasteiger partial charge is 0.411 e. The van der Waals surface area contributed by atoms with Crippen molar-refractivity contribution < 1.29 is 17.6 Å². The molecule has 0 N–H and O–H groups in total. The van der Waals surface area contributed by atoms with E-state index in [0.29, 0.717) is 24.1 Å². The fourth-order valence-electron chi connectivity index (χ4n) is 3.51. The molecule has 1 fully saturated rings. The molecule has 31 heavy (non-hydrogen) atoms. The van der Waals surface area contributed by atoms with Gasteiger partial charge in [-0.15, -0.1) is 10.2 Å². The van der Waals surface area contributed by atoms with Crippen molar-refractivity contribution in [2.45, 2.75) is 31.2 Å². The number of nitrogens with zero attached hydrogens (tertiary/aromatic N) is 3. The number of carbonyl (C=O) groups is 1. The lowest BCUT2D eigenvalue weighted by Gasteiger charge is -2.28. The number of rotatable bonds is 7. The maximum absolute atomic E-state index is 13.1. The van der Waals surface area contributed by atoms with Gasteiger partial charge >= 0.3 is 0 Å². The Morgan fingerprint density at radius 3 is 2.55 bits per heavy atom. The lowest BCUT2D eigenvalue weighted by atomic mass is 10.1. The van der Waals surface area contributed by atoms with Crippen LogP contribution < -0.4 is 0 Å². The summed E-state index contributed by atoms with van der Waals surface area (Å²) < 4.78 is 29.7. The van der Waals surface area contributed by atoms with Crippen LogP contribution in [-0.2, 0) is 21.2 Å². The van der Waals surface area contributed by atoms with Crippen LogP contribution in [0.5, 0.6) is 0 Å². The summed E-state index contributed by atoms with van der Waals surface area (Å²) in [6.07, 6.45) is 0.462. The molecule has 1 unspecified atom stereocenters. The summed E-state index contributed by atoms with van der Waals surface area (Å²) in [7, 11) is -3.11. The molecule has 1 aromatic heterocycles. The second kappa shape index (κ2) is 9.23. The molecule has 1 atom stereocenters. The zero-order chi connectivity index (χ0) is 21.8. The standard InChI is InChI=1S/C22H23N3O4S2/c1-16-7-9-18(10-8-16)21-23-24-22(29-21)30-14-20(26)25(13-17-5-3-2-4-6-17)19-11-12-31(27,28)15-19/h2-10,19H,11-15H2,1H3. The number of aryl methyl sites for hydroxylation is 1. The molecule has 0 radical (unpaired) electrons. The Bertz CT molecular complexity index is 1150. The predicted molar refractivity (Wildman–Crippen MR) is 119 cm³/mol. The van der Waals surface area contributed by atoms with Gasteiger partial charge in [0.25, 0.3) is 5.22 Å². The minimum Gasteiger partial charge on any atom is -0.411 e. The van der Waals surface area contributed by atoms with Gasteiger partial charge in [-0.1, -0.05) is 59.8 Å². The van der Waals surface area contributed by atoms with Crippen LogP contribution in [0, 0.1) is 6.92 Å². The van der Waals surface area contributed by atoms with Gasteiger partial charge in [0.15, 0.2) is 9.84 Å². The molecule has 0 aliphatic carbocycles. The van der Waals surface area contributed by atoms with Crippen LogP contribution in [0.15, 0.2) is 64.2 Å². The number of thioether (sulfide) groups is 1. The van der Waals surface area contributed by atoms with E-state index in [9.17, 15) is 13.2 Å². The molecule has 0 bridgehead atoms. The van der Waals surface area contributed by atoms with E-state index >= 15 is 0 Å².